The molecule has 30 heavy (non-hydrogen) atoms. The van der Waals surface area contributed by atoms with Crippen molar-refractivity contribution in [3.63, 3.8) is 0 Å². The molecule has 0 heterocycles. The van der Waals surface area contributed by atoms with Crippen LogP contribution in [0.15, 0.2) is 73.3 Å². The topological polar surface area (TPSA) is 35.5 Å². The van der Waals surface area contributed by atoms with Gasteiger partial charge in [0.1, 0.15) is 23.1 Å². The first kappa shape index (κ1) is 21.0. The van der Waals surface area contributed by atoms with Gasteiger partial charge in [-0.05, 0) is 53.9 Å². The quantitative estimate of drug-likeness (QED) is 0.269. The van der Waals surface area contributed by atoms with Crippen LogP contribution in [0, 0.1) is 11.6 Å². The van der Waals surface area contributed by atoms with E-state index in [9.17, 15) is 13.6 Å². The highest BCUT2D eigenvalue weighted by atomic mass is 19.1. The third kappa shape index (κ3) is 4.30. The van der Waals surface area contributed by atoms with E-state index in [1.54, 1.807) is 36.4 Å². The molecule has 0 aromatic heterocycles. The lowest BCUT2D eigenvalue weighted by atomic mass is 9.94. The summed E-state index contributed by atoms with van der Waals surface area (Å²) in [4.78, 5) is 11.6. The number of rotatable bonds is 6. The monoisotopic (exact) mass is 406 g/mol. The fraction of sp³-hybridized carbons (Fsp3) is 0.0800. The molecule has 0 saturated carbocycles. The third-order valence-electron chi connectivity index (χ3n) is 4.55. The fourth-order valence-corrected chi connectivity index (χ4v) is 2.97. The van der Waals surface area contributed by atoms with Crippen LogP contribution in [-0.4, -0.2) is 13.1 Å². The summed E-state index contributed by atoms with van der Waals surface area (Å²) < 4.78 is 39.3. The summed E-state index contributed by atoms with van der Waals surface area (Å²) in [5.41, 5.74) is 2.78. The Balaban J connectivity index is 1.98. The number of methoxy groups -OCH3 is 1. The van der Waals surface area contributed by atoms with Crippen LogP contribution in [-0.2, 0) is 4.79 Å². The smallest absolute Gasteiger partial charge is 0.338 e. The Morgan fingerprint density at radius 2 is 1.50 bits per heavy atom. The van der Waals surface area contributed by atoms with Crippen molar-refractivity contribution < 1.29 is 23.0 Å². The number of carbonyl (C=O) groups excluding carboxylic acids is 1. The van der Waals surface area contributed by atoms with Gasteiger partial charge in [-0.15, -0.1) is 0 Å². The molecule has 3 nitrogen and oxygen atoms in total. The number of carbonyl (C=O) groups is 1. The Morgan fingerprint density at radius 3 is 2.10 bits per heavy atom. The predicted molar refractivity (Wildman–Crippen MR) is 114 cm³/mol. The molecule has 3 aromatic carbocycles. The number of hydrogen-bond donors (Lipinski definition) is 0. The van der Waals surface area contributed by atoms with Gasteiger partial charge in [0.05, 0.1) is 7.11 Å². The molecule has 152 valence electrons. The predicted octanol–water partition coefficient (Wildman–Crippen LogP) is 6.43. The average molecular weight is 406 g/mol. The van der Waals surface area contributed by atoms with E-state index in [1.165, 1.54) is 32.2 Å². The van der Waals surface area contributed by atoms with E-state index in [0.717, 1.165) is 6.07 Å². The van der Waals surface area contributed by atoms with E-state index < -0.39 is 17.6 Å². The summed E-state index contributed by atoms with van der Waals surface area (Å²) in [5.74, 6) is -1.10. The highest BCUT2D eigenvalue weighted by Gasteiger charge is 2.14. The maximum atomic E-state index is 14.7. The van der Waals surface area contributed by atoms with Gasteiger partial charge in [-0.3, -0.25) is 0 Å². The minimum atomic E-state index is -0.623. The van der Waals surface area contributed by atoms with Crippen LogP contribution in [0.1, 0.15) is 12.5 Å². The normalized spacial score (nSPS) is 10.4. The van der Waals surface area contributed by atoms with Gasteiger partial charge in [-0.25, -0.2) is 13.6 Å². The lowest BCUT2D eigenvalue weighted by Crippen LogP contribution is -2.08. The van der Waals surface area contributed by atoms with Gasteiger partial charge >= 0.3 is 5.97 Å². The van der Waals surface area contributed by atoms with Crippen LogP contribution in [0.5, 0.6) is 11.5 Å². The van der Waals surface area contributed by atoms with E-state index in [4.69, 9.17) is 9.47 Å². The van der Waals surface area contributed by atoms with Crippen molar-refractivity contribution in [1.82, 2.24) is 0 Å². The third-order valence-corrected chi connectivity index (χ3v) is 4.55. The Kier molecular flexibility index (Phi) is 6.11. The first-order valence-electron chi connectivity index (χ1n) is 9.12. The zero-order chi connectivity index (χ0) is 21.8. The molecule has 0 atom stereocenters. The zero-order valence-corrected chi connectivity index (χ0v) is 16.7. The fourth-order valence-electron chi connectivity index (χ4n) is 2.97. The minimum Gasteiger partial charge on any atom is -0.497 e. The van der Waals surface area contributed by atoms with Crippen molar-refractivity contribution in [2.75, 3.05) is 7.11 Å². The Hall–Kier alpha value is -3.73. The van der Waals surface area contributed by atoms with Crippen LogP contribution < -0.4 is 9.47 Å². The molecule has 0 bridgehead atoms. The summed E-state index contributed by atoms with van der Waals surface area (Å²) in [7, 11) is 1.47. The molecular formula is C25H20F2O3. The minimum absolute atomic E-state index is 0.0881. The largest absolute Gasteiger partial charge is 0.497 e. The van der Waals surface area contributed by atoms with Gasteiger partial charge in [0.15, 0.2) is 0 Å². The van der Waals surface area contributed by atoms with E-state index in [2.05, 4.69) is 13.2 Å². The van der Waals surface area contributed by atoms with Gasteiger partial charge in [-0.2, -0.15) is 0 Å². The van der Waals surface area contributed by atoms with Crippen molar-refractivity contribution in [2.45, 2.75) is 6.92 Å². The molecule has 0 aliphatic heterocycles. The van der Waals surface area contributed by atoms with Crippen molar-refractivity contribution in [3.8, 4) is 33.8 Å². The number of esters is 1. The van der Waals surface area contributed by atoms with Gasteiger partial charge < -0.3 is 9.47 Å². The summed E-state index contributed by atoms with van der Waals surface area (Å²) in [6.45, 7) is 8.80. The van der Waals surface area contributed by atoms with Crippen molar-refractivity contribution >= 4 is 12.0 Å². The molecule has 0 saturated heterocycles. The molecule has 3 rings (SSSR count). The SMILES string of the molecule is C=Cc1cc(-c2ccc(OC(=O)C(=C)C)cc2F)ccc1-c1ccc(OC)cc1F. The second kappa shape index (κ2) is 8.74. The Bertz CT molecular complexity index is 1150. The summed E-state index contributed by atoms with van der Waals surface area (Å²) in [6.07, 6.45) is 1.59. The standard InChI is InChI=1S/C25H20F2O3/c1-5-16-12-17(6-9-20(16)22-11-7-18(29-4)13-24(22)27)21-10-8-19(14-23(21)26)30-25(28)15(2)3/h5-14H,1-2H2,3-4H3. The second-order valence-corrected chi connectivity index (χ2v) is 6.66. The maximum Gasteiger partial charge on any atom is 0.338 e. The molecule has 0 radical (unpaired) electrons. The molecular weight excluding hydrogens is 386 g/mol. The summed E-state index contributed by atoms with van der Waals surface area (Å²) >= 11 is 0. The second-order valence-electron chi connectivity index (χ2n) is 6.66. The maximum absolute atomic E-state index is 14.7. The first-order chi connectivity index (χ1) is 14.3. The van der Waals surface area contributed by atoms with Gasteiger partial charge in [0.25, 0.3) is 0 Å². The van der Waals surface area contributed by atoms with E-state index in [0.29, 0.717) is 33.6 Å². The van der Waals surface area contributed by atoms with Crippen molar-refractivity contribution in [2.24, 2.45) is 0 Å². The Labute approximate surface area is 173 Å². The molecule has 3 aromatic rings. The van der Waals surface area contributed by atoms with Crippen molar-refractivity contribution in [3.05, 3.63) is 90.5 Å². The molecule has 0 fully saturated rings. The lowest BCUT2D eigenvalue weighted by Gasteiger charge is -2.12. The van der Waals surface area contributed by atoms with Crippen LogP contribution in [0.3, 0.4) is 0 Å². The van der Waals surface area contributed by atoms with Crippen LogP contribution in [0.4, 0.5) is 8.78 Å². The zero-order valence-electron chi connectivity index (χ0n) is 16.7. The molecule has 5 heteroatoms. The molecule has 0 aliphatic carbocycles. The molecule has 0 amide bonds. The van der Waals surface area contributed by atoms with E-state index in [1.807, 2.05) is 0 Å². The number of ether oxygens (including phenoxy) is 2. The van der Waals surface area contributed by atoms with E-state index in [-0.39, 0.29) is 11.3 Å². The highest BCUT2D eigenvalue weighted by molar-refractivity contribution is 5.89. The van der Waals surface area contributed by atoms with Gasteiger partial charge in [-0.1, -0.05) is 31.4 Å². The van der Waals surface area contributed by atoms with Gasteiger partial charge in [0, 0.05) is 28.8 Å². The lowest BCUT2D eigenvalue weighted by molar-refractivity contribution is -0.130. The van der Waals surface area contributed by atoms with Crippen LogP contribution >= 0.6 is 0 Å². The number of hydrogen-bond acceptors (Lipinski definition) is 3. The molecule has 0 aliphatic rings. The van der Waals surface area contributed by atoms with Gasteiger partial charge in [0.2, 0.25) is 0 Å². The first-order valence-corrected chi connectivity index (χ1v) is 9.12. The highest BCUT2D eigenvalue weighted by Crippen LogP contribution is 2.34. The molecule has 0 N–H and O–H groups in total. The van der Waals surface area contributed by atoms with E-state index >= 15 is 0 Å². The van der Waals surface area contributed by atoms with Crippen molar-refractivity contribution in [1.29, 1.82) is 0 Å². The number of halogens is 2. The Morgan fingerprint density at radius 1 is 0.900 bits per heavy atom. The number of benzene rings is 3. The van der Waals surface area contributed by atoms with Crippen LogP contribution in [0.25, 0.3) is 28.3 Å². The van der Waals surface area contributed by atoms with Crippen LogP contribution in [0.2, 0.25) is 0 Å². The molecule has 0 spiro atoms. The summed E-state index contributed by atoms with van der Waals surface area (Å²) in [6, 6.07) is 13.9. The summed E-state index contributed by atoms with van der Waals surface area (Å²) in [5, 5.41) is 0. The molecule has 0 unspecified atom stereocenters. The average Bonchev–Trinajstić information content (AvgIpc) is 2.73.